The highest BCUT2D eigenvalue weighted by molar-refractivity contribution is 7.89. The van der Waals surface area contributed by atoms with Crippen LogP contribution in [0, 0.1) is 18.3 Å². The van der Waals surface area contributed by atoms with Crippen LogP contribution in [0.15, 0.2) is 89.8 Å². The van der Waals surface area contributed by atoms with Crippen LogP contribution in [0.25, 0.3) is 0 Å². The van der Waals surface area contributed by atoms with Crippen molar-refractivity contribution in [3.8, 4) is 0 Å². The third kappa shape index (κ3) is 9.13. The average Bonchev–Trinajstić information content (AvgIpc) is 2.94. The minimum atomic E-state index is -3.91. The van der Waals surface area contributed by atoms with E-state index in [-0.39, 0.29) is 43.2 Å². The Kier molecular flexibility index (Phi) is 10.6. The predicted octanol–water partition coefficient (Wildman–Crippen LogP) is 5.25. The number of ether oxygens (including phenoxy) is 1. The van der Waals surface area contributed by atoms with E-state index in [0.29, 0.717) is 11.1 Å². The molecule has 7 nitrogen and oxygen atoms in total. The average molecular weight is 552 g/mol. The van der Waals surface area contributed by atoms with Crippen LogP contribution in [-0.4, -0.2) is 38.5 Å². The Morgan fingerprint density at radius 1 is 0.923 bits per heavy atom. The lowest BCUT2D eigenvalue weighted by atomic mass is 9.90. The van der Waals surface area contributed by atoms with E-state index in [9.17, 15) is 23.1 Å². The van der Waals surface area contributed by atoms with Crippen LogP contribution in [0.1, 0.15) is 60.6 Å². The number of aliphatic hydroxyl groups excluding tert-OH is 1. The standard InChI is InChI=1S/C31H37NO6S/c1-23-14-17-27(18-15-23)39(36,37)32-28(24-10-6-4-7-11-24)20-26(30(35)38-22-31(2,3)21-33)16-19-29(34)25-12-8-5-9-13-25/h4-15,17-18,26,28,32-33H,16,19-22H2,1-3H3. The first-order chi connectivity index (χ1) is 18.5. The summed E-state index contributed by atoms with van der Waals surface area (Å²) < 4.78 is 35.0. The molecular formula is C31H37NO6S. The second-order valence-electron chi connectivity index (χ2n) is 10.6. The molecular weight excluding hydrogens is 514 g/mol. The zero-order valence-electron chi connectivity index (χ0n) is 22.7. The number of sulfonamides is 1. The van der Waals surface area contributed by atoms with Crippen LogP contribution >= 0.6 is 0 Å². The van der Waals surface area contributed by atoms with Gasteiger partial charge in [-0.25, -0.2) is 13.1 Å². The van der Waals surface area contributed by atoms with Crippen molar-refractivity contribution in [3.05, 3.63) is 102 Å². The van der Waals surface area contributed by atoms with Crippen molar-refractivity contribution in [1.29, 1.82) is 0 Å². The highest BCUT2D eigenvalue weighted by Gasteiger charge is 2.30. The number of rotatable bonds is 14. The van der Waals surface area contributed by atoms with Gasteiger partial charge in [0.1, 0.15) is 0 Å². The maximum atomic E-state index is 13.3. The fourth-order valence-electron chi connectivity index (χ4n) is 4.03. The molecule has 3 aromatic rings. The fourth-order valence-corrected chi connectivity index (χ4v) is 5.27. The predicted molar refractivity (Wildman–Crippen MR) is 151 cm³/mol. The molecule has 8 heteroatoms. The Morgan fingerprint density at radius 3 is 2.10 bits per heavy atom. The van der Waals surface area contributed by atoms with Crippen molar-refractivity contribution in [2.45, 2.75) is 51.0 Å². The van der Waals surface area contributed by atoms with Gasteiger partial charge in [0.05, 0.1) is 24.0 Å². The number of esters is 1. The van der Waals surface area contributed by atoms with Crippen LogP contribution in [0.4, 0.5) is 0 Å². The van der Waals surface area contributed by atoms with Crippen LogP contribution in [0.3, 0.4) is 0 Å². The normalized spacial score (nSPS) is 13.4. The zero-order chi connectivity index (χ0) is 28.5. The number of hydrogen-bond donors (Lipinski definition) is 2. The monoisotopic (exact) mass is 551 g/mol. The highest BCUT2D eigenvalue weighted by Crippen LogP contribution is 2.29. The maximum absolute atomic E-state index is 13.3. The number of carbonyl (C=O) groups excluding carboxylic acids is 2. The molecule has 2 unspecified atom stereocenters. The first-order valence-corrected chi connectivity index (χ1v) is 14.5. The number of aryl methyl sites for hydroxylation is 1. The smallest absolute Gasteiger partial charge is 0.309 e. The Morgan fingerprint density at radius 2 is 1.51 bits per heavy atom. The van der Waals surface area contributed by atoms with Gasteiger partial charge in [-0.1, -0.05) is 92.2 Å². The van der Waals surface area contributed by atoms with E-state index in [2.05, 4.69) is 4.72 Å². The van der Waals surface area contributed by atoms with E-state index < -0.39 is 33.4 Å². The zero-order valence-corrected chi connectivity index (χ0v) is 23.5. The molecule has 208 valence electrons. The SMILES string of the molecule is Cc1ccc(S(=O)(=O)NC(CC(CCC(=O)c2ccccc2)C(=O)OCC(C)(C)CO)c2ccccc2)cc1. The molecule has 0 aliphatic rings. The first-order valence-electron chi connectivity index (χ1n) is 13.0. The minimum Gasteiger partial charge on any atom is -0.465 e. The number of benzene rings is 3. The molecule has 0 amide bonds. The highest BCUT2D eigenvalue weighted by atomic mass is 32.2. The molecule has 0 saturated heterocycles. The summed E-state index contributed by atoms with van der Waals surface area (Å²) in [4.78, 5) is 26.3. The topological polar surface area (TPSA) is 110 Å². The Labute approximate surface area is 231 Å². The van der Waals surface area contributed by atoms with Gasteiger partial charge < -0.3 is 9.84 Å². The van der Waals surface area contributed by atoms with Gasteiger partial charge in [0, 0.05) is 23.4 Å². The molecule has 39 heavy (non-hydrogen) atoms. The largest absolute Gasteiger partial charge is 0.465 e. The minimum absolute atomic E-state index is 0.00341. The third-order valence-corrected chi connectivity index (χ3v) is 8.02. The number of nitrogens with one attached hydrogen (secondary N) is 1. The Bertz CT molecular complexity index is 1320. The van der Waals surface area contributed by atoms with Crippen molar-refractivity contribution in [3.63, 3.8) is 0 Å². The van der Waals surface area contributed by atoms with Gasteiger partial charge in [-0.2, -0.15) is 0 Å². The van der Waals surface area contributed by atoms with Crippen molar-refractivity contribution in [2.75, 3.05) is 13.2 Å². The summed E-state index contributed by atoms with van der Waals surface area (Å²) in [6.45, 7) is 5.26. The number of aliphatic hydroxyl groups is 1. The molecule has 0 heterocycles. The molecule has 3 rings (SSSR count). The molecule has 0 bridgehead atoms. The number of carbonyl (C=O) groups is 2. The van der Waals surface area contributed by atoms with Crippen molar-refractivity contribution < 1.29 is 27.9 Å². The third-order valence-electron chi connectivity index (χ3n) is 6.53. The van der Waals surface area contributed by atoms with Crippen molar-refractivity contribution in [1.82, 2.24) is 4.72 Å². The van der Waals surface area contributed by atoms with Crippen LogP contribution in [0.5, 0.6) is 0 Å². The van der Waals surface area contributed by atoms with E-state index in [0.717, 1.165) is 5.56 Å². The summed E-state index contributed by atoms with van der Waals surface area (Å²) >= 11 is 0. The second kappa shape index (κ2) is 13.6. The number of ketones is 1. The van der Waals surface area contributed by atoms with Gasteiger partial charge in [0.2, 0.25) is 10.0 Å². The first kappa shape index (κ1) is 30.2. The molecule has 0 aromatic heterocycles. The molecule has 3 aromatic carbocycles. The molecule has 2 N–H and O–H groups in total. The molecule has 2 atom stereocenters. The van der Waals surface area contributed by atoms with E-state index in [1.807, 2.05) is 19.1 Å². The summed E-state index contributed by atoms with van der Waals surface area (Å²) in [7, 11) is -3.91. The van der Waals surface area contributed by atoms with Gasteiger partial charge in [-0.15, -0.1) is 0 Å². The molecule has 0 saturated carbocycles. The summed E-state index contributed by atoms with van der Waals surface area (Å²) in [6.07, 6.45) is 0.372. The van der Waals surface area contributed by atoms with Gasteiger partial charge in [0.25, 0.3) is 0 Å². The van der Waals surface area contributed by atoms with Crippen LogP contribution in [-0.2, 0) is 19.6 Å². The summed E-state index contributed by atoms with van der Waals surface area (Å²) in [5.41, 5.74) is 1.54. The van der Waals surface area contributed by atoms with Crippen LogP contribution in [0.2, 0.25) is 0 Å². The summed E-state index contributed by atoms with van der Waals surface area (Å²) in [6, 6.07) is 23.7. The van der Waals surface area contributed by atoms with E-state index >= 15 is 0 Å². The lowest BCUT2D eigenvalue weighted by molar-refractivity contribution is -0.153. The lowest BCUT2D eigenvalue weighted by Gasteiger charge is -2.26. The second-order valence-corrected chi connectivity index (χ2v) is 12.3. The molecule has 0 fully saturated rings. The van der Waals surface area contributed by atoms with Gasteiger partial charge in [0.15, 0.2) is 5.78 Å². The van der Waals surface area contributed by atoms with E-state index in [1.165, 1.54) is 0 Å². The Balaban J connectivity index is 1.87. The maximum Gasteiger partial charge on any atom is 0.309 e. The molecule has 0 radical (unpaired) electrons. The number of hydrogen-bond acceptors (Lipinski definition) is 6. The van der Waals surface area contributed by atoms with Gasteiger partial charge in [-0.3, -0.25) is 9.59 Å². The number of Topliss-reactive ketones (excluding diaryl/α,β-unsaturated/α-hetero) is 1. The molecule has 0 spiro atoms. The quantitative estimate of drug-likeness (QED) is 0.209. The van der Waals surface area contributed by atoms with Crippen LogP contribution < -0.4 is 4.72 Å². The van der Waals surface area contributed by atoms with Gasteiger partial charge >= 0.3 is 5.97 Å². The Hall–Kier alpha value is -3.33. The summed E-state index contributed by atoms with van der Waals surface area (Å²) in [5, 5.41) is 9.58. The molecule has 0 aliphatic heterocycles. The van der Waals surface area contributed by atoms with E-state index in [4.69, 9.17) is 4.74 Å². The van der Waals surface area contributed by atoms with Gasteiger partial charge in [-0.05, 0) is 37.5 Å². The lowest BCUT2D eigenvalue weighted by Crippen LogP contribution is -2.33. The van der Waals surface area contributed by atoms with E-state index in [1.54, 1.807) is 86.6 Å². The summed E-state index contributed by atoms with van der Waals surface area (Å²) in [5.74, 6) is -1.41. The van der Waals surface area contributed by atoms with Crippen molar-refractivity contribution >= 4 is 21.8 Å². The van der Waals surface area contributed by atoms with Crippen molar-refractivity contribution in [2.24, 2.45) is 11.3 Å². The fraction of sp³-hybridized carbons (Fsp3) is 0.355. The molecule has 0 aliphatic carbocycles.